The number of aryl methyl sites for hydroxylation is 1. The number of allylic oxidation sites excluding steroid dienone is 11. The molecule has 0 fully saturated rings. The van der Waals surface area contributed by atoms with Crippen molar-refractivity contribution in [3.63, 3.8) is 0 Å². The smallest absolute Gasteiger partial charge is 0.309 e. The van der Waals surface area contributed by atoms with E-state index in [1.807, 2.05) is 76.3 Å². The molecule has 0 saturated heterocycles. The maximum absolute atomic E-state index is 12.3. The topological polar surface area (TPSA) is 78.6 Å². The average molecular weight is 494 g/mol. The monoisotopic (exact) mass is 493 g/mol. The van der Waals surface area contributed by atoms with Gasteiger partial charge in [0, 0.05) is 12.5 Å². The third-order valence-electron chi connectivity index (χ3n) is 6.14. The quantitative estimate of drug-likeness (QED) is 0.133. The summed E-state index contributed by atoms with van der Waals surface area (Å²) >= 11 is 0. The molecule has 1 aromatic rings. The van der Waals surface area contributed by atoms with E-state index in [9.17, 15) is 9.59 Å². The lowest BCUT2D eigenvalue weighted by Crippen LogP contribution is -2.24. The predicted molar refractivity (Wildman–Crippen MR) is 143 cm³/mol. The van der Waals surface area contributed by atoms with Gasteiger partial charge in [0.25, 0.3) is 0 Å². The summed E-state index contributed by atoms with van der Waals surface area (Å²) < 4.78 is 16.7. The molecule has 1 aliphatic carbocycles. The van der Waals surface area contributed by atoms with Crippen LogP contribution in [-0.4, -0.2) is 30.5 Å². The third kappa shape index (κ3) is 8.67. The van der Waals surface area contributed by atoms with Crippen LogP contribution >= 0.6 is 0 Å². The van der Waals surface area contributed by atoms with Crippen molar-refractivity contribution in [3.05, 3.63) is 82.9 Å². The van der Waals surface area contributed by atoms with Crippen LogP contribution in [0.4, 0.5) is 0 Å². The normalized spacial score (nSPS) is 17.8. The Hall–Kier alpha value is -3.41. The number of carbonyl (C=O) groups is 2. The van der Waals surface area contributed by atoms with Gasteiger partial charge in [0.1, 0.15) is 5.76 Å². The second kappa shape index (κ2) is 14.9. The highest BCUT2D eigenvalue weighted by Crippen LogP contribution is 2.40. The molecule has 0 radical (unpaired) electrons. The number of nitrogens with zero attached hydrogens (tertiary/aromatic N) is 1. The van der Waals surface area contributed by atoms with Gasteiger partial charge in [-0.2, -0.15) is 0 Å². The van der Waals surface area contributed by atoms with Crippen molar-refractivity contribution in [2.24, 2.45) is 11.8 Å². The van der Waals surface area contributed by atoms with E-state index in [0.717, 1.165) is 41.2 Å². The summed E-state index contributed by atoms with van der Waals surface area (Å²) in [6.45, 7) is 9.77. The molecule has 0 aliphatic heterocycles. The highest BCUT2D eigenvalue weighted by atomic mass is 16.5. The van der Waals surface area contributed by atoms with Crippen molar-refractivity contribution in [1.82, 2.24) is 4.98 Å². The number of rotatable bonds is 13. The Kier molecular flexibility index (Phi) is 11.9. The number of aromatic nitrogens is 1. The van der Waals surface area contributed by atoms with Gasteiger partial charge in [-0.1, -0.05) is 43.4 Å². The summed E-state index contributed by atoms with van der Waals surface area (Å²) in [4.78, 5) is 28.5. The summed E-state index contributed by atoms with van der Waals surface area (Å²) in [5.41, 5.74) is 2.97. The van der Waals surface area contributed by atoms with Crippen molar-refractivity contribution in [1.29, 1.82) is 0 Å². The first-order chi connectivity index (χ1) is 17.3. The maximum Gasteiger partial charge on any atom is 0.309 e. The molecule has 1 aliphatic rings. The molecule has 0 amide bonds. The van der Waals surface area contributed by atoms with Crippen LogP contribution in [0.5, 0.6) is 0 Å². The van der Waals surface area contributed by atoms with E-state index in [4.69, 9.17) is 13.9 Å². The molecule has 6 heteroatoms. The Bertz CT molecular complexity index is 1080. The standard InChI is InChI=1S/C30H39NO5/c1-7-9-10-11-12-13-29-31-28(23(5)36-29)18-19-35-22(4)20-24-15-17-27(25(8-2)30(33)34-6)26(24)16-14-21(3)32/h7,9-14,16,20,25,27H,8,15,17-19H2,1-6H3/b9-7-,11-10-,13-12+,16-14+,22-20+. The van der Waals surface area contributed by atoms with Gasteiger partial charge >= 0.3 is 5.97 Å². The molecule has 1 aromatic heterocycles. The molecular weight excluding hydrogens is 454 g/mol. The molecule has 1 heterocycles. The summed E-state index contributed by atoms with van der Waals surface area (Å²) in [5.74, 6) is 1.69. The van der Waals surface area contributed by atoms with Gasteiger partial charge in [-0.05, 0) is 76.2 Å². The van der Waals surface area contributed by atoms with Crippen LogP contribution in [0, 0.1) is 18.8 Å². The summed E-state index contributed by atoms with van der Waals surface area (Å²) in [7, 11) is 1.42. The fourth-order valence-electron chi connectivity index (χ4n) is 4.35. The Morgan fingerprint density at radius 2 is 1.92 bits per heavy atom. The van der Waals surface area contributed by atoms with Gasteiger partial charge in [0.05, 0.1) is 31.1 Å². The van der Waals surface area contributed by atoms with Gasteiger partial charge < -0.3 is 13.9 Å². The summed E-state index contributed by atoms with van der Waals surface area (Å²) in [6.07, 6.45) is 19.9. The number of esters is 1. The van der Waals surface area contributed by atoms with Crippen LogP contribution in [0.2, 0.25) is 0 Å². The molecule has 194 valence electrons. The Morgan fingerprint density at radius 1 is 1.17 bits per heavy atom. The Morgan fingerprint density at radius 3 is 2.58 bits per heavy atom. The Labute approximate surface area is 215 Å². The van der Waals surface area contributed by atoms with Gasteiger partial charge in [-0.25, -0.2) is 4.98 Å². The first kappa shape index (κ1) is 28.8. The van der Waals surface area contributed by atoms with Gasteiger partial charge in [0.15, 0.2) is 5.78 Å². The molecule has 6 nitrogen and oxygen atoms in total. The number of hydrogen-bond acceptors (Lipinski definition) is 6. The van der Waals surface area contributed by atoms with Crippen molar-refractivity contribution in [2.75, 3.05) is 13.7 Å². The van der Waals surface area contributed by atoms with Crippen LogP contribution in [0.1, 0.15) is 64.3 Å². The molecule has 2 atom stereocenters. The lowest BCUT2D eigenvalue weighted by Gasteiger charge is -2.21. The summed E-state index contributed by atoms with van der Waals surface area (Å²) in [6, 6.07) is 0. The fourth-order valence-corrected chi connectivity index (χ4v) is 4.35. The van der Waals surface area contributed by atoms with Crippen LogP contribution in [-0.2, 0) is 25.5 Å². The number of ketones is 1. The van der Waals surface area contributed by atoms with Crippen molar-refractivity contribution in [2.45, 2.75) is 60.3 Å². The molecule has 0 N–H and O–H groups in total. The number of carbonyl (C=O) groups excluding carboxylic acids is 2. The first-order valence-corrected chi connectivity index (χ1v) is 12.5. The summed E-state index contributed by atoms with van der Waals surface area (Å²) in [5, 5.41) is 0. The van der Waals surface area contributed by atoms with E-state index >= 15 is 0 Å². The van der Waals surface area contributed by atoms with Crippen molar-refractivity contribution in [3.8, 4) is 0 Å². The molecular formula is C30H39NO5. The minimum Gasteiger partial charge on any atom is -0.498 e. The number of hydrogen-bond donors (Lipinski definition) is 0. The molecule has 0 aromatic carbocycles. The van der Waals surface area contributed by atoms with E-state index in [0.29, 0.717) is 25.3 Å². The van der Waals surface area contributed by atoms with Crippen molar-refractivity contribution >= 4 is 17.8 Å². The van der Waals surface area contributed by atoms with Gasteiger partial charge in [-0.15, -0.1) is 0 Å². The minimum atomic E-state index is -0.231. The SMILES string of the molecule is C\C=C/C=C\C=C\c1nc(CCO/C(C)=C/C2=C(/C=C/C(C)=O)C(C(CC)C(=O)OC)CC2)c(C)o1. The largest absolute Gasteiger partial charge is 0.498 e. The van der Waals surface area contributed by atoms with E-state index in [-0.39, 0.29) is 23.6 Å². The molecule has 36 heavy (non-hydrogen) atoms. The number of methoxy groups -OCH3 is 1. The van der Waals surface area contributed by atoms with Gasteiger partial charge in [-0.3, -0.25) is 9.59 Å². The molecule has 2 rings (SSSR count). The van der Waals surface area contributed by atoms with Crippen molar-refractivity contribution < 1.29 is 23.5 Å². The van der Waals surface area contributed by atoms with E-state index in [1.165, 1.54) is 14.0 Å². The number of oxazole rings is 1. The van der Waals surface area contributed by atoms with E-state index < -0.39 is 0 Å². The van der Waals surface area contributed by atoms with Crippen LogP contribution in [0.15, 0.2) is 69.9 Å². The molecule has 0 bridgehead atoms. The number of ether oxygens (including phenoxy) is 2. The van der Waals surface area contributed by atoms with Gasteiger partial charge in [0.2, 0.25) is 5.89 Å². The fraction of sp³-hybridized carbons (Fsp3) is 0.433. The van der Waals surface area contributed by atoms with E-state index in [2.05, 4.69) is 4.98 Å². The lowest BCUT2D eigenvalue weighted by atomic mass is 9.84. The molecule has 0 saturated carbocycles. The van der Waals surface area contributed by atoms with Crippen LogP contribution in [0.25, 0.3) is 6.08 Å². The average Bonchev–Trinajstić information content (AvgIpc) is 3.40. The van der Waals surface area contributed by atoms with E-state index in [1.54, 1.807) is 6.08 Å². The lowest BCUT2D eigenvalue weighted by molar-refractivity contribution is -0.147. The highest BCUT2D eigenvalue weighted by molar-refractivity contribution is 5.87. The second-order valence-corrected chi connectivity index (χ2v) is 8.79. The zero-order valence-corrected chi connectivity index (χ0v) is 22.4. The van der Waals surface area contributed by atoms with Crippen LogP contribution in [0.3, 0.4) is 0 Å². The highest BCUT2D eigenvalue weighted by Gasteiger charge is 2.34. The first-order valence-electron chi connectivity index (χ1n) is 12.5. The predicted octanol–water partition coefficient (Wildman–Crippen LogP) is 6.64. The third-order valence-corrected chi connectivity index (χ3v) is 6.14. The molecule has 0 spiro atoms. The maximum atomic E-state index is 12.3. The second-order valence-electron chi connectivity index (χ2n) is 8.79. The zero-order valence-electron chi connectivity index (χ0n) is 22.4. The Balaban J connectivity index is 2.09. The minimum absolute atomic E-state index is 0.0224. The zero-order chi connectivity index (χ0) is 26.5. The van der Waals surface area contributed by atoms with Crippen LogP contribution < -0.4 is 0 Å². The molecule has 2 unspecified atom stereocenters.